The van der Waals surface area contributed by atoms with Gasteiger partial charge in [0.1, 0.15) is 102 Å². The second-order valence-electron chi connectivity index (χ2n) is 26.2. The number of primary amides is 3. The van der Waals surface area contributed by atoms with E-state index in [0.717, 1.165) is 36.4 Å². The maximum Gasteiger partial charge on any atom is 0.410 e. The fourth-order valence-corrected chi connectivity index (χ4v) is 10.3. The molecule has 1 aliphatic heterocycles. The highest BCUT2D eigenvalue weighted by Gasteiger charge is 2.30. The van der Waals surface area contributed by atoms with Crippen LogP contribution in [0, 0.1) is 63.4 Å². The van der Waals surface area contributed by atoms with Gasteiger partial charge in [0.15, 0.2) is 0 Å². The molecule has 0 aromatic heterocycles. The Morgan fingerprint density at radius 3 is 1.03 bits per heavy atom. The van der Waals surface area contributed by atoms with Gasteiger partial charge in [-0.25, -0.2) is 54.7 Å². The van der Waals surface area contributed by atoms with E-state index in [1.807, 2.05) is 0 Å². The molecule has 0 bridgehead atoms. The number of rotatable bonds is 21. The molecular formula is C88H80F7N7O21. The largest absolute Gasteiger partial charge is 0.488 e. The Kier molecular flexibility index (Phi) is 38.8. The zero-order valence-corrected chi connectivity index (χ0v) is 66.1. The SMILES string of the molecule is CC(C)(C)OC(=O)N1CCN(C(=O)c2cc(COc3ccccc3C(N)=O)ccc2F)CC1.COC(=O)c1cc(CO)ccc1F.COC(=O)c1cc(COc2ccccc2C(N)=O)ccc1F.N#Cc1cc(C=O)ccc1F.N#Cc1cc(CO)ccc1F.NC(=O)c1ccccc1OCc1ccc(F)c(C(=O)O)c1.O=C(O)c1cc(CO)ccc1F. The molecule has 1 aliphatic rings. The minimum atomic E-state index is -1.35. The van der Waals surface area contributed by atoms with E-state index in [9.17, 15) is 78.7 Å². The number of para-hydroxylation sites is 3. The fourth-order valence-electron chi connectivity index (χ4n) is 10.3. The monoisotopic (exact) mass is 1700 g/mol. The molecular weight excluding hydrogens is 1620 g/mol. The number of ether oxygens (including phenoxy) is 6. The lowest BCUT2D eigenvalue weighted by Gasteiger charge is -2.35. The zero-order valence-electron chi connectivity index (χ0n) is 66.1. The smallest absolute Gasteiger partial charge is 0.410 e. The quantitative estimate of drug-likeness (QED) is 0.0143. The Labute approximate surface area is 698 Å². The van der Waals surface area contributed by atoms with Crippen LogP contribution in [0.3, 0.4) is 0 Å². The molecule has 642 valence electrons. The highest BCUT2D eigenvalue weighted by molar-refractivity contribution is 5.98. The first-order chi connectivity index (χ1) is 58.4. The third-order valence-corrected chi connectivity index (χ3v) is 16.5. The van der Waals surface area contributed by atoms with Crippen molar-refractivity contribution in [3.8, 4) is 29.4 Å². The van der Waals surface area contributed by atoms with Crippen molar-refractivity contribution in [2.45, 2.75) is 66.0 Å². The number of nitrogens with two attached hydrogens (primary N) is 3. The normalized spacial score (nSPS) is 10.9. The number of carbonyl (C=O) groups excluding carboxylic acids is 8. The molecule has 11 N–H and O–H groups in total. The summed E-state index contributed by atoms with van der Waals surface area (Å²) >= 11 is 0. The summed E-state index contributed by atoms with van der Waals surface area (Å²) < 4.78 is 123. The molecule has 1 saturated heterocycles. The van der Waals surface area contributed by atoms with Gasteiger partial charge in [-0.1, -0.05) is 72.8 Å². The number of carbonyl (C=O) groups is 10. The Hall–Kier alpha value is -15.3. The van der Waals surface area contributed by atoms with E-state index in [1.165, 1.54) is 121 Å². The number of aliphatic hydroxyl groups excluding tert-OH is 3. The molecule has 0 saturated carbocycles. The van der Waals surface area contributed by atoms with E-state index in [1.54, 1.807) is 99.6 Å². The van der Waals surface area contributed by atoms with Gasteiger partial charge < -0.3 is 81.0 Å². The van der Waals surface area contributed by atoms with E-state index < -0.39 is 111 Å². The van der Waals surface area contributed by atoms with Crippen molar-refractivity contribution in [2.75, 3.05) is 40.4 Å². The molecule has 0 unspecified atom stereocenters. The predicted molar refractivity (Wildman–Crippen MR) is 426 cm³/mol. The molecule has 10 aromatic rings. The molecule has 0 radical (unpaired) electrons. The second kappa shape index (κ2) is 48.5. The summed E-state index contributed by atoms with van der Waals surface area (Å²) in [6.07, 6.45) is 0.136. The number of nitrogens with zero attached hydrogens (tertiary/aromatic N) is 4. The van der Waals surface area contributed by atoms with Gasteiger partial charge in [0.2, 0.25) is 0 Å². The van der Waals surface area contributed by atoms with E-state index in [-0.39, 0.29) is 103 Å². The standard InChI is InChI=1S/C24H28FN3O5.C16H14FNO4.C15H12FNO4.C9H9FO3.C8H6FNO.C8H4FNO.C8H7FO3/c1-24(2,3)33-23(31)28-12-10-27(11-13-28)22(30)18-14-16(8-9-19(18)25)15-32-20-7-5-4-6-17(20)21(26)29;1-21-16(20)12-8-10(6-7-13(12)17)9-22-14-5-3-2-4-11(14)15(18)19;16-12-6-5-9(7-11(12)15(19)20)8-21-13-4-2-1-3-10(13)14(17)18;1-13-9(12)7-4-6(5-11)2-3-8(7)10;2*9-8-2-1-6(5-11)3-7(8)4-10;9-7-2-1-5(4-10)3-6(7)8(11)12/h4-9,14H,10-13,15H2,1-3H3,(H2,26,29);2-8H,9H2,1H3,(H2,18,19);1-7H,8H2,(H2,17,18)(H,19,20);2-4,11H,5H2,1H3;1-3,11H,5H2;1-3,5H;1-3,10H,4H2,(H,11,12). The maximum absolute atomic E-state index is 14.5. The van der Waals surface area contributed by atoms with Gasteiger partial charge in [-0.15, -0.1) is 0 Å². The van der Waals surface area contributed by atoms with E-state index >= 15 is 0 Å². The summed E-state index contributed by atoms with van der Waals surface area (Å²) in [6, 6.07) is 49.4. The Morgan fingerprint density at radius 2 is 0.691 bits per heavy atom. The molecule has 11 rings (SSSR count). The van der Waals surface area contributed by atoms with Crippen molar-refractivity contribution in [3.05, 3.63) is 335 Å². The lowest BCUT2D eigenvalue weighted by Crippen LogP contribution is -2.51. The number of halogens is 7. The zero-order chi connectivity index (χ0) is 91.2. The molecule has 1 fully saturated rings. The molecule has 1 heterocycles. The summed E-state index contributed by atoms with van der Waals surface area (Å²) in [5.74, 6) is -10.3. The molecule has 28 nitrogen and oxygen atoms in total. The number of nitriles is 2. The van der Waals surface area contributed by atoms with Crippen LogP contribution in [-0.4, -0.2) is 141 Å². The fraction of sp³-hybridized carbons (Fsp3) is 0.182. The number of hydrogen-bond acceptors (Lipinski definition) is 21. The van der Waals surface area contributed by atoms with E-state index in [4.69, 9.17) is 72.2 Å². The summed E-state index contributed by atoms with van der Waals surface area (Å²) in [7, 11) is 2.35. The van der Waals surface area contributed by atoms with Crippen LogP contribution in [0.2, 0.25) is 0 Å². The van der Waals surface area contributed by atoms with Gasteiger partial charge in [0.25, 0.3) is 23.6 Å². The summed E-state index contributed by atoms with van der Waals surface area (Å²) in [5, 5.41) is 60.0. The highest BCUT2D eigenvalue weighted by atomic mass is 19.2. The number of aliphatic hydroxyl groups is 3. The first kappa shape index (κ1) is 98.2. The van der Waals surface area contributed by atoms with Crippen LogP contribution in [0.1, 0.15) is 159 Å². The van der Waals surface area contributed by atoms with Gasteiger partial charge in [-0.05, 0) is 182 Å². The minimum Gasteiger partial charge on any atom is -0.488 e. The van der Waals surface area contributed by atoms with Crippen molar-refractivity contribution in [3.63, 3.8) is 0 Å². The molecule has 10 aromatic carbocycles. The van der Waals surface area contributed by atoms with Gasteiger partial charge >= 0.3 is 30.0 Å². The van der Waals surface area contributed by atoms with Gasteiger partial charge in [-0.3, -0.25) is 24.0 Å². The average Bonchev–Trinajstić information content (AvgIpc) is 0.814. The summed E-state index contributed by atoms with van der Waals surface area (Å²) in [6.45, 7) is 5.87. The van der Waals surface area contributed by atoms with Crippen molar-refractivity contribution >= 4 is 59.9 Å². The van der Waals surface area contributed by atoms with Crippen molar-refractivity contribution in [1.29, 1.82) is 10.5 Å². The number of benzene rings is 10. The molecule has 0 atom stereocenters. The number of aromatic carboxylic acids is 2. The third-order valence-electron chi connectivity index (χ3n) is 16.5. The van der Waals surface area contributed by atoms with E-state index in [2.05, 4.69) is 9.47 Å². The lowest BCUT2D eigenvalue weighted by molar-refractivity contribution is 0.0139. The van der Waals surface area contributed by atoms with Crippen LogP contribution in [0.4, 0.5) is 35.5 Å². The maximum atomic E-state index is 14.5. The Morgan fingerprint density at radius 1 is 0.398 bits per heavy atom. The Bertz CT molecular complexity index is 5540. The molecule has 0 spiro atoms. The number of hydrogen-bond donors (Lipinski definition) is 8. The van der Waals surface area contributed by atoms with Gasteiger partial charge in [0, 0.05) is 31.7 Å². The number of carboxylic acid groups (broad SMARTS) is 2. The highest BCUT2D eigenvalue weighted by Crippen LogP contribution is 2.26. The van der Waals surface area contributed by atoms with Crippen LogP contribution in [0.5, 0.6) is 17.2 Å². The number of aldehydes is 1. The molecule has 123 heavy (non-hydrogen) atoms. The number of piperazine rings is 1. The van der Waals surface area contributed by atoms with Crippen LogP contribution in [0.15, 0.2) is 200 Å². The summed E-state index contributed by atoms with van der Waals surface area (Å²) in [5.41, 5.74) is 17.8. The molecule has 0 aliphatic carbocycles. The van der Waals surface area contributed by atoms with E-state index in [0.29, 0.717) is 69.8 Å². The number of methoxy groups -OCH3 is 2. The molecule has 35 heteroatoms. The summed E-state index contributed by atoms with van der Waals surface area (Å²) in [4.78, 5) is 116. The number of esters is 2. The second-order valence-corrected chi connectivity index (χ2v) is 26.2. The van der Waals surface area contributed by atoms with Crippen molar-refractivity contribution < 1.29 is 133 Å². The van der Waals surface area contributed by atoms with Crippen LogP contribution < -0.4 is 31.4 Å². The van der Waals surface area contributed by atoms with Crippen LogP contribution in [-0.2, 0) is 53.9 Å². The van der Waals surface area contributed by atoms with Crippen molar-refractivity contribution in [1.82, 2.24) is 9.80 Å². The predicted octanol–water partition coefficient (Wildman–Crippen LogP) is 12.5. The first-order valence-corrected chi connectivity index (χ1v) is 36.0. The lowest BCUT2D eigenvalue weighted by atomic mass is 10.1. The topological polar surface area (TPSA) is 459 Å². The van der Waals surface area contributed by atoms with Crippen molar-refractivity contribution in [2.24, 2.45) is 17.2 Å². The third kappa shape index (κ3) is 30.8. The van der Waals surface area contributed by atoms with Crippen LogP contribution in [0.25, 0.3) is 0 Å². The van der Waals surface area contributed by atoms with Gasteiger partial charge in [-0.2, -0.15) is 10.5 Å². The number of carboxylic acids is 2. The van der Waals surface area contributed by atoms with Crippen LogP contribution >= 0.6 is 0 Å². The first-order valence-electron chi connectivity index (χ1n) is 36.0. The Balaban J connectivity index is 0.000000266. The minimum absolute atomic E-state index is 0.00907. The van der Waals surface area contributed by atoms with Gasteiger partial charge in [0.05, 0.1) is 89.7 Å². The average molecular weight is 1700 g/mol. The molecule has 5 amide bonds. The number of amides is 5.